The first kappa shape index (κ1) is 25.0. The largest absolute Gasteiger partial charge is 0.496 e. The Morgan fingerprint density at radius 2 is 1.89 bits per heavy atom. The lowest BCUT2D eigenvalue weighted by Crippen LogP contribution is -2.40. The fourth-order valence-corrected chi connectivity index (χ4v) is 3.26. The number of piperidine rings is 1. The van der Waals surface area contributed by atoms with Crippen LogP contribution in [0.1, 0.15) is 31.7 Å². The standard InChI is InChI=1S/C21H36N4O2.HI/c1-18-9-14-25(15-10-18)13-6-11-23-21(22-2)24-12-16-27-17-19-7-4-5-8-20(19)26-3;/h4-5,7-8,18H,6,9-17H2,1-3H3,(H2,22,23,24);1H. The number of para-hydroxylation sites is 1. The molecule has 6 nitrogen and oxygen atoms in total. The topological polar surface area (TPSA) is 58.1 Å². The van der Waals surface area contributed by atoms with Crippen molar-refractivity contribution in [3.05, 3.63) is 29.8 Å². The van der Waals surface area contributed by atoms with Crippen molar-refractivity contribution in [2.24, 2.45) is 10.9 Å². The van der Waals surface area contributed by atoms with E-state index in [1.54, 1.807) is 14.2 Å². The molecule has 7 heteroatoms. The molecule has 1 saturated heterocycles. The van der Waals surface area contributed by atoms with Gasteiger partial charge in [0, 0.05) is 25.7 Å². The number of nitrogens with one attached hydrogen (secondary N) is 2. The lowest BCUT2D eigenvalue weighted by atomic mass is 9.99. The summed E-state index contributed by atoms with van der Waals surface area (Å²) in [5, 5.41) is 6.68. The third-order valence-electron chi connectivity index (χ3n) is 5.03. The van der Waals surface area contributed by atoms with Crippen LogP contribution in [0.4, 0.5) is 0 Å². The maximum atomic E-state index is 5.74. The van der Waals surface area contributed by atoms with E-state index in [2.05, 4.69) is 27.4 Å². The molecule has 2 rings (SSSR count). The van der Waals surface area contributed by atoms with Gasteiger partial charge in [-0.25, -0.2) is 0 Å². The van der Waals surface area contributed by atoms with E-state index in [4.69, 9.17) is 9.47 Å². The Labute approximate surface area is 187 Å². The zero-order valence-corrected chi connectivity index (χ0v) is 19.9. The fraction of sp³-hybridized carbons (Fsp3) is 0.667. The van der Waals surface area contributed by atoms with E-state index < -0.39 is 0 Å². The zero-order valence-electron chi connectivity index (χ0n) is 17.6. The van der Waals surface area contributed by atoms with E-state index in [-0.39, 0.29) is 24.0 Å². The predicted molar refractivity (Wildman–Crippen MR) is 127 cm³/mol. The Morgan fingerprint density at radius 1 is 1.18 bits per heavy atom. The molecule has 0 saturated carbocycles. The Balaban J connectivity index is 0.00000392. The molecule has 1 aromatic carbocycles. The van der Waals surface area contributed by atoms with Crippen LogP contribution in [0.5, 0.6) is 5.75 Å². The summed E-state index contributed by atoms with van der Waals surface area (Å²) in [6, 6.07) is 7.93. The number of aliphatic imine (C=N–C) groups is 1. The maximum Gasteiger partial charge on any atom is 0.191 e. The van der Waals surface area contributed by atoms with Crippen molar-refractivity contribution in [3.63, 3.8) is 0 Å². The zero-order chi connectivity index (χ0) is 19.3. The van der Waals surface area contributed by atoms with Gasteiger partial charge in [-0.05, 0) is 50.9 Å². The van der Waals surface area contributed by atoms with Crippen molar-refractivity contribution in [3.8, 4) is 5.75 Å². The van der Waals surface area contributed by atoms with Gasteiger partial charge in [0.25, 0.3) is 0 Å². The second kappa shape index (κ2) is 14.9. The molecule has 0 radical (unpaired) electrons. The third-order valence-corrected chi connectivity index (χ3v) is 5.03. The second-order valence-electron chi connectivity index (χ2n) is 7.17. The molecule has 1 heterocycles. The fourth-order valence-electron chi connectivity index (χ4n) is 3.26. The number of ether oxygens (including phenoxy) is 2. The summed E-state index contributed by atoms with van der Waals surface area (Å²) in [7, 11) is 3.49. The molecule has 1 fully saturated rings. The molecule has 28 heavy (non-hydrogen) atoms. The molecule has 1 aromatic rings. The molecule has 0 amide bonds. The molecule has 0 aliphatic carbocycles. The number of benzene rings is 1. The quantitative estimate of drug-likeness (QED) is 0.222. The van der Waals surface area contributed by atoms with Crippen molar-refractivity contribution >= 4 is 29.9 Å². The minimum atomic E-state index is 0. The highest BCUT2D eigenvalue weighted by atomic mass is 127. The Kier molecular flexibility index (Phi) is 13.3. The molecular weight excluding hydrogens is 467 g/mol. The molecule has 0 unspecified atom stereocenters. The summed E-state index contributed by atoms with van der Waals surface area (Å²) in [5.74, 6) is 2.60. The molecular formula is C21H37IN4O2. The van der Waals surface area contributed by atoms with Gasteiger partial charge >= 0.3 is 0 Å². The highest BCUT2D eigenvalue weighted by Gasteiger charge is 2.14. The van der Waals surface area contributed by atoms with E-state index in [0.29, 0.717) is 13.2 Å². The number of likely N-dealkylation sites (tertiary alicyclic amines) is 1. The van der Waals surface area contributed by atoms with Crippen LogP contribution in [0.25, 0.3) is 0 Å². The van der Waals surface area contributed by atoms with Crippen molar-refractivity contribution in [2.45, 2.75) is 32.8 Å². The van der Waals surface area contributed by atoms with Crippen LogP contribution in [0.2, 0.25) is 0 Å². The van der Waals surface area contributed by atoms with E-state index in [9.17, 15) is 0 Å². The minimum Gasteiger partial charge on any atom is -0.496 e. The van der Waals surface area contributed by atoms with Gasteiger partial charge in [-0.15, -0.1) is 24.0 Å². The molecule has 0 bridgehead atoms. The van der Waals surface area contributed by atoms with Gasteiger partial charge in [0.05, 0.1) is 20.3 Å². The summed E-state index contributed by atoms with van der Waals surface area (Å²) in [6.45, 7) is 8.84. The van der Waals surface area contributed by atoms with Crippen LogP contribution in [0.15, 0.2) is 29.3 Å². The minimum absolute atomic E-state index is 0. The first-order valence-electron chi connectivity index (χ1n) is 10.1. The smallest absolute Gasteiger partial charge is 0.191 e. The average molecular weight is 504 g/mol. The molecule has 160 valence electrons. The van der Waals surface area contributed by atoms with E-state index in [0.717, 1.165) is 42.7 Å². The first-order chi connectivity index (χ1) is 13.2. The van der Waals surface area contributed by atoms with Gasteiger partial charge in [0.1, 0.15) is 5.75 Å². The Morgan fingerprint density at radius 3 is 2.61 bits per heavy atom. The lowest BCUT2D eigenvalue weighted by Gasteiger charge is -2.30. The van der Waals surface area contributed by atoms with Crippen LogP contribution in [0.3, 0.4) is 0 Å². The molecule has 0 spiro atoms. The summed E-state index contributed by atoms with van der Waals surface area (Å²) in [6.07, 6.45) is 3.82. The lowest BCUT2D eigenvalue weighted by molar-refractivity contribution is 0.123. The number of rotatable bonds is 10. The maximum absolute atomic E-state index is 5.74. The molecule has 2 N–H and O–H groups in total. The number of halogens is 1. The second-order valence-corrected chi connectivity index (χ2v) is 7.17. The first-order valence-corrected chi connectivity index (χ1v) is 10.1. The summed E-state index contributed by atoms with van der Waals surface area (Å²) >= 11 is 0. The van der Waals surface area contributed by atoms with Crippen LogP contribution in [-0.2, 0) is 11.3 Å². The summed E-state index contributed by atoms with van der Waals surface area (Å²) in [5.41, 5.74) is 1.06. The third kappa shape index (κ3) is 9.43. The van der Waals surface area contributed by atoms with Crippen LogP contribution < -0.4 is 15.4 Å². The summed E-state index contributed by atoms with van der Waals surface area (Å²) < 4.78 is 11.1. The predicted octanol–water partition coefficient (Wildman–Crippen LogP) is 3.12. The molecule has 1 aliphatic heterocycles. The number of guanidine groups is 1. The normalized spacial score (nSPS) is 15.8. The van der Waals surface area contributed by atoms with Crippen molar-refractivity contribution in [1.29, 1.82) is 0 Å². The highest BCUT2D eigenvalue weighted by Crippen LogP contribution is 2.18. The van der Waals surface area contributed by atoms with Gasteiger partial charge in [0.15, 0.2) is 5.96 Å². The Bertz CT molecular complexity index is 563. The monoisotopic (exact) mass is 504 g/mol. The molecule has 0 aromatic heterocycles. The number of hydrogen-bond donors (Lipinski definition) is 2. The molecule has 0 atom stereocenters. The highest BCUT2D eigenvalue weighted by molar-refractivity contribution is 14.0. The molecule has 1 aliphatic rings. The van der Waals surface area contributed by atoms with Gasteiger partial charge in [-0.3, -0.25) is 4.99 Å². The van der Waals surface area contributed by atoms with Crippen molar-refractivity contribution < 1.29 is 9.47 Å². The number of hydrogen-bond acceptors (Lipinski definition) is 4. The van der Waals surface area contributed by atoms with Crippen LogP contribution in [-0.4, -0.2) is 64.3 Å². The van der Waals surface area contributed by atoms with E-state index >= 15 is 0 Å². The van der Waals surface area contributed by atoms with Crippen LogP contribution in [0, 0.1) is 5.92 Å². The Hall–Kier alpha value is -1.06. The van der Waals surface area contributed by atoms with Gasteiger partial charge in [-0.2, -0.15) is 0 Å². The van der Waals surface area contributed by atoms with E-state index in [1.165, 1.54) is 32.5 Å². The van der Waals surface area contributed by atoms with Gasteiger partial charge in [0.2, 0.25) is 0 Å². The van der Waals surface area contributed by atoms with Crippen LogP contribution >= 0.6 is 24.0 Å². The number of nitrogens with zero attached hydrogens (tertiary/aromatic N) is 2. The average Bonchev–Trinajstić information content (AvgIpc) is 2.71. The SMILES string of the molecule is CN=C(NCCCN1CCC(C)CC1)NCCOCc1ccccc1OC.I. The van der Waals surface area contributed by atoms with Gasteiger partial charge < -0.3 is 25.0 Å². The van der Waals surface area contributed by atoms with E-state index in [1.807, 2.05) is 24.3 Å². The van der Waals surface area contributed by atoms with Gasteiger partial charge in [-0.1, -0.05) is 25.1 Å². The number of methoxy groups -OCH3 is 1. The van der Waals surface area contributed by atoms with Crippen molar-refractivity contribution in [2.75, 3.05) is 53.5 Å². The summed E-state index contributed by atoms with van der Waals surface area (Å²) in [4.78, 5) is 6.84. The van der Waals surface area contributed by atoms with Crippen molar-refractivity contribution in [1.82, 2.24) is 15.5 Å².